The Morgan fingerprint density at radius 3 is 2.24 bits per heavy atom. The summed E-state index contributed by atoms with van der Waals surface area (Å²) in [5.41, 5.74) is 2.97. The number of azo groups is 2. The molecule has 0 aromatic heterocycles. The zero-order chi connectivity index (χ0) is 39.5. The Bertz CT molecular complexity index is 2630. The van der Waals surface area contributed by atoms with Crippen molar-refractivity contribution in [3.63, 3.8) is 0 Å². The molecule has 6 rings (SSSR count). The molecule has 0 fully saturated rings. The van der Waals surface area contributed by atoms with Gasteiger partial charge >= 0.3 is 0 Å². The normalized spacial score (nSPS) is 14.9. The van der Waals surface area contributed by atoms with Crippen LogP contribution in [-0.4, -0.2) is 67.8 Å². The van der Waals surface area contributed by atoms with Gasteiger partial charge in [-0.15, -0.1) is 0 Å². The first kappa shape index (κ1) is 38.5. The number of benzene rings is 5. The third-order valence-electron chi connectivity index (χ3n) is 8.13. The van der Waals surface area contributed by atoms with Crippen molar-refractivity contribution in [2.75, 3.05) is 23.5 Å². The number of hydrazone groups is 1. The van der Waals surface area contributed by atoms with E-state index < -0.39 is 42.0 Å². The summed E-state index contributed by atoms with van der Waals surface area (Å²) in [5, 5.41) is 34.6. The van der Waals surface area contributed by atoms with Gasteiger partial charge in [-0.25, -0.2) is 0 Å². The average molecular weight is 786 g/mol. The van der Waals surface area contributed by atoms with E-state index in [1.807, 2.05) is 6.07 Å². The molecule has 0 bridgehead atoms. The highest BCUT2D eigenvalue weighted by Gasteiger charge is 2.34. The molecule has 55 heavy (non-hydrogen) atoms. The van der Waals surface area contributed by atoms with Crippen LogP contribution in [0.2, 0.25) is 0 Å². The third-order valence-corrected chi connectivity index (χ3v) is 9.86. The van der Waals surface area contributed by atoms with Crippen LogP contribution in [0.4, 0.5) is 28.4 Å². The molecule has 1 atom stereocenters. The van der Waals surface area contributed by atoms with Gasteiger partial charge in [0.25, 0.3) is 32.1 Å². The number of carbonyl (C=O) groups excluding carboxylic acids is 2. The number of carbonyl (C=O) groups is 2. The monoisotopic (exact) mass is 785 g/mol. The second-order valence-corrected chi connectivity index (χ2v) is 14.8. The summed E-state index contributed by atoms with van der Waals surface area (Å²) in [6.45, 7) is 2.93. The van der Waals surface area contributed by atoms with E-state index in [1.54, 1.807) is 56.3 Å². The van der Waals surface area contributed by atoms with E-state index in [4.69, 9.17) is 4.74 Å². The zero-order valence-electron chi connectivity index (χ0n) is 28.9. The lowest BCUT2D eigenvalue weighted by molar-refractivity contribution is -0.117. The fourth-order valence-electron chi connectivity index (χ4n) is 5.42. The minimum Gasteiger partial charge on any atom is -0.489 e. The lowest BCUT2D eigenvalue weighted by Gasteiger charge is -2.14. The Hall–Kier alpha value is -6.25. The number of ether oxygens (including phenoxy) is 1. The van der Waals surface area contributed by atoms with Gasteiger partial charge in [0.2, 0.25) is 0 Å². The highest BCUT2D eigenvalue weighted by atomic mass is 32.2. The van der Waals surface area contributed by atoms with Crippen molar-refractivity contribution in [2.24, 2.45) is 25.6 Å². The maximum atomic E-state index is 13.3. The number of aliphatic hydroxyl groups excluding tert-OH is 1. The standard InChI is InChI=1S/C36H31N7O10S2/c1-21-16-31(37-35(45)23-8-11-25(12-9-23)38-41-34-22(2)42-43(36(34)46)27-6-4-3-5-7-27)32(53-15-14-44)20-30(21)40-39-26-13-10-24-17-28(54(47,48)49)19-33(29(24)18-26)55(50,51)52/h3-13,16-20,34,44H,14-15H2,1-2H3,(H,37,45)(H,47,48,49)(H,50,51,52)/b40-39+,41-38+. The number of aryl methyl sites for hydroxylation is 1. The molecule has 1 aliphatic rings. The van der Waals surface area contributed by atoms with Crippen LogP contribution in [0.15, 0.2) is 132 Å². The van der Waals surface area contributed by atoms with Crippen LogP contribution in [0.3, 0.4) is 0 Å². The second-order valence-electron chi connectivity index (χ2n) is 12.0. The number of amides is 2. The van der Waals surface area contributed by atoms with Gasteiger partial charge in [-0.3, -0.25) is 18.7 Å². The van der Waals surface area contributed by atoms with Gasteiger partial charge in [-0.2, -0.15) is 47.4 Å². The Kier molecular flexibility index (Phi) is 10.9. The number of anilines is 2. The minimum atomic E-state index is -4.92. The van der Waals surface area contributed by atoms with Crippen LogP contribution in [0, 0.1) is 6.92 Å². The van der Waals surface area contributed by atoms with E-state index in [9.17, 15) is 40.6 Å². The first-order valence-corrected chi connectivity index (χ1v) is 19.1. The predicted molar refractivity (Wildman–Crippen MR) is 201 cm³/mol. The van der Waals surface area contributed by atoms with Gasteiger partial charge in [0, 0.05) is 17.0 Å². The number of rotatable bonds is 12. The molecule has 2 amide bonds. The molecule has 282 valence electrons. The van der Waals surface area contributed by atoms with Crippen LogP contribution in [0.25, 0.3) is 10.8 Å². The molecule has 0 radical (unpaired) electrons. The van der Waals surface area contributed by atoms with Crippen LogP contribution < -0.4 is 15.1 Å². The van der Waals surface area contributed by atoms with Crippen LogP contribution in [-0.2, 0) is 25.0 Å². The Morgan fingerprint density at radius 2 is 1.56 bits per heavy atom. The molecule has 0 aliphatic carbocycles. The van der Waals surface area contributed by atoms with Crippen molar-refractivity contribution >= 4 is 77.0 Å². The number of para-hydroxylation sites is 1. The first-order chi connectivity index (χ1) is 26.1. The highest BCUT2D eigenvalue weighted by molar-refractivity contribution is 7.86. The van der Waals surface area contributed by atoms with E-state index in [0.29, 0.717) is 28.7 Å². The van der Waals surface area contributed by atoms with E-state index in [-0.39, 0.29) is 58.3 Å². The van der Waals surface area contributed by atoms with Crippen molar-refractivity contribution in [1.82, 2.24) is 0 Å². The van der Waals surface area contributed by atoms with Crippen molar-refractivity contribution < 1.29 is 45.4 Å². The van der Waals surface area contributed by atoms with Crippen molar-refractivity contribution in [1.29, 1.82) is 0 Å². The van der Waals surface area contributed by atoms with E-state index in [2.05, 4.69) is 30.9 Å². The fraction of sp³-hybridized carbons (Fsp3) is 0.139. The maximum absolute atomic E-state index is 13.3. The van der Waals surface area contributed by atoms with Crippen molar-refractivity contribution in [3.05, 3.63) is 108 Å². The maximum Gasteiger partial charge on any atom is 0.295 e. The van der Waals surface area contributed by atoms with E-state index in [0.717, 1.165) is 6.07 Å². The minimum absolute atomic E-state index is 0.0761. The number of hydrogen-bond donors (Lipinski definition) is 4. The molecular weight excluding hydrogens is 755 g/mol. The summed E-state index contributed by atoms with van der Waals surface area (Å²) >= 11 is 0. The first-order valence-electron chi connectivity index (χ1n) is 16.2. The third kappa shape index (κ3) is 8.77. The van der Waals surface area contributed by atoms with Crippen LogP contribution >= 0.6 is 0 Å². The molecule has 5 aromatic rings. The molecule has 5 aromatic carbocycles. The van der Waals surface area contributed by atoms with E-state index >= 15 is 0 Å². The number of nitrogens with zero attached hydrogens (tertiary/aromatic N) is 6. The molecule has 4 N–H and O–H groups in total. The highest BCUT2D eigenvalue weighted by Crippen LogP contribution is 2.36. The number of hydrogen-bond acceptors (Lipinski definition) is 13. The summed E-state index contributed by atoms with van der Waals surface area (Å²) in [7, 11) is -9.71. The lowest BCUT2D eigenvalue weighted by atomic mass is 10.1. The molecule has 19 heteroatoms. The van der Waals surface area contributed by atoms with Gasteiger partial charge in [-0.1, -0.05) is 24.3 Å². The van der Waals surface area contributed by atoms with Gasteiger partial charge in [0.05, 0.1) is 45.7 Å². The molecule has 17 nitrogen and oxygen atoms in total. The van der Waals surface area contributed by atoms with Gasteiger partial charge in [0.15, 0.2) is 6.04 Å². The van der Waals surface area contributed by atoms with Gasteiger partial charge in [0.1, 0.15) is 17.3 Å². The van der Waals surface area contributed by atoms with Crippen molar-refractivity contribution in [3.8, 4) is 5.75 Å². The molecule has 0 saturated heterocycles. The van der Waals surface area contributed by atoms with E-state index in [1.165, 1.54) is 41.4 Å². The average Bonchev–Trinajstić information content (AvgIpc) is 3.44. The SMILES string of the molecule is CC1=NN(c2ccccc2)C(=O)C1/N=N/c1ccc(C(=O)Nc2cc(C)c(/N=N/c3ccc4cc(S(=O)(=O)O)cc(S(=O)(=O)O)c4c3)cc2OCCO)cc1. The van der Waals surface area contributed by atoms with Gasteiger partial charge < -0.3 is 15.2 Å². The van der Waals surface area contributed by atoms with Crippen LogP contribution in [0.5, 0.6) is 5.75 Å². The largest absolute Gasteiger partial charge is 0.489 e. The lowest BCUT2D eigenvalue weighted by Crippen LogP contribution is -2.29. The van der Waals surface area contributed by atoms with Crippen molar-refractivity contribution in [2.45, 2.75) is 29.7 Å². The summed E-state index contributed by atoms with van der Waals surface area (Å²) in [6, 6.07) is 23.0. The quantitative estimate of drug-likeness (QED) is 0.0783. The Balaban J connectivity index is 1.19. The molecule has 0 spiro atoms. The molecule has 0 saturated carbocycles. The molecule has 1 aliphatic heterocycles. The summed E-state index contributed by atoms with van der Waals surface area (Å²) in [4.78, 5) is 24.7. The van der Waals surface area contributed by atoms with Crippen LogP contribution in [0.1, 0.15) is 22.8 Å². The van der Waals surface area contributed by atoms with Gasteiger partial charge in [-0.05, 0) is 91.5 Å². The number of fused-ring (bicyclic) bond motifs is 1. The molecule has 1 heterocycles. The summed E-state index contributed by atoms with van der Waals surface area (Å²) in [5.74, 6) is -0.686. The topological polar surface area (TPSA) is 249 Å². The molecular formula is C36H31N7O10S2. The summed E-state index contributed by atoms with van der Waals surface area (Å²) in [6.07, 6.45) is 0. The Morgan fingerprint density at radius 1 is 0.855 bits per heavy atom. The zero-order valence-corrected chi connectivity index (χ0v) is 30.6. The molecule has 1 unspecified atom stereocenters. The second kappa shape index (κ2) is 15.6. The smallest absolute Gasteiger partial charge is 0.295 e. The number of nitrogens with one attached hydrogen (secondary N) is 1. The fourth-order valence-corrected chi connectivity index (χ4v) is 6.77. The predicted octanol–water partition coefficient (Wildman–Crippen LogP) is 6.56. The number of aliphatic hydroxyl groups is 1. The Labute approximate surface area is 314 Å². The summed E-state index contributed by atoms with van der Waals surface area (Å²) < 4.78 is 72.4.